The van der Waals surface area contributed by atoms with Crippen LogP contribution in [0.15, 0.2) is 59.5 Å². The monoisotopic (exact) mass is 782 g/mol. The smallest absolute Gasteiger partial charge is 0.251 e. The third-order valence-electron chi connectivity index (χ3n) is 12.4. The summed E-state index contributed by atoms with van der Waals surface area (Å²) in [6.07, 6.45) is 6.26. The van der Waals surface area contributed by atoms with E-state index in [9.17, 15) is 9.59 Å². The van der Waals surface area contributed by atoms with Crippen molar-refractivity contribution < 1.29 is 22.7 Å². The summed E-state index contributed by atoms with van der Waals surface area (Å²) in [6, 6.07) is 13.2. The quantitative estimate of drug-likeness (QED) is 0.150. The van der Waals surface area contributed by atoms with Crippen LogP contribution in [0.1, 0.15) is 87.4 Å². The second-order valence-electron chi connectivity index (χ2n) is 17.1. The molecule has 2 N–H and O–H groups in total. The first kappa shape index (κ1) is 39.2. The zero-order valence-corrected chi connectivity index (χ0v) is 33.3. The molecule has 5 heterocycles. The Balaban J connectivity index is 0.857. The second-order valence-corrected chi connectivity index (χ2v) is 17.1. The highest BCUT2D eigenvalue weighted by Crippen LogP contribution is 2.44. The number of rotatable bonds is 10. The standard InChI is InChI=1S/C45H53F3N6O3/c1-5-30-20-38-39(51-43(30)55)19-29(23-49-38)24-52-14-16-53(17-15-52)44(56)31-12-10-28(11-13-31)25-57-32-21-35(46)40(36(47)22-32)42-41-34(33-8-6-7-9-37(33)50-41)18-27(2)54(42)26-45(3,4)48/h6-9,19-23,27-28,31,42,50H,5,10-18,24-26H2,1-4H3,(H,51,55)/t27-,28-,31-,42-/m1/s1. The van der Waals surface area contributed by atoms with Crippen LogP contribution in [0.4, 0.5) is 13.2 Å². The van der Waals surface area contributed by atoms with Gasteiger partial charge in [-0.15, -0.1) is 0 Å². The molecule has 57 heavy (non-hydrogen) atoms. The summed E-state index contributed by atoms with van der Waals surface area (Å²) >= 11 is 0. The summed E-state index contributed by atoms with van der Waals surface area (Å²) in [5.41, 5.74) is 4.10. The number of amides is 1. The van der Waals surface area contributed by atoms with E-state index < -0.39 is 23.3 Å². The van der Waals surface area contributed by atoms with E-state index in [1.54, 1.807) is 0 Å². The number of hydrogen-bond donors (Lipinski definition) is 2. The Morgan fingerprint density at radius 3 is 2.39 bits per heavy atom. The van der Waals surface area contributed by atoms with E-state index in [0.29, 0.717) is 44.8 Å². The number of halogens is 3. The molecule has 9 nitrogen and oxygen atoms in total. The van der Waals surface area contributed by atoms with Gasteiger partial charge in [0, 0.05) is 97.3 Å². The van der Waals surface area contributed by atoms with Gasteiger partial charge >= 0.3 is 0 Å². The van der Waals surface area contributed by atoms with E-state index >= 15 is 13.2 Å². The lowest BCUT2D eigenvalue weighted by Gasteiger charge is -2.43. The van der Waals surface area contributed by atoms with Crippen LogP contribution >= 0.6 is 0 Å². The predicted molar refractivity (Wildman–Crippen MR) is 216 cm³/mol. The summed E-state index contributed by atoms with van der Waals surface area (Å²) in [6.45, 7) is 10.8. The summed E-state index contributed by atoms with van der Waals surface area (Å²) in [4.78, 5) is 43.0. The van der Waals surface area contributed by atoms with Crippen molar-refractivity contribution in [1.29, 1.82) is 0 Å². The first-order valence-corrected chi connectivity index (χ1v) is 20.5. The van der Waals surface area contributed by atoms with Crippen molar-refractivity contribution in [3.05, 3.63) is 105 Å². The summed E-state index contributed by atoms with van der Waals surface area (Å²) in [5, 5.41) is 1.01. The second kappa shape index (κ2) is 15.9. The van der Waals surface area contributed by atoms with Gasteiger partial charge in [-0.25, -0.2) is 13.2 Å². The molecule has 2 aliphatic heterocycles. The maximum Gasteiger partial charge on any atom is 0.251 e. The van der Waals surface area contributed by atoms with Gasteiger partial charge in [0.2, 0.25) is 5.91 Å². The number of benzene rings is 2. The van der Waals surface area contributed by atoms with Crippen LogP contribution in [-0.4, -0.2) is 86.6 Å². The lowest BCUT2D eigenvalue weighted by atomic mass is 9.81. The van der Waals surface area contributed by atoms with Crippen LogP contribution in [-0.2, 0) is 24.2 Å². The molecule has 1 saturated carbocycles. The molecule has 1 aliphatic carbocycles. The SMILES string of the molecule is CCc1cc2ncc(CN3CCN(C(=O)[C@H]4CC[C@H](COc5cc(F)c([C@@H]6c7[nH]c8ccccc8c7C[C@@H](C)N6CC(C)(C)F)c(F)c5)CC4)CC3)cc2[nH]c1=O. The molecule has 2 atom stereocenters. The molecular weight excluding hydrogens is 730 g/mol. The number of aromatic nitrogens is 3. The van der Waals surface area contributed by atoms with E-state index in [4.69, 9.17) is 4.74 Å². The van der Waals surface area contributed by atoms with Gasteiger partial charge < -0.3 is 19.6 Å². The molecule has 0 unspecified atom stereocenters. The molecule has 1 amide bonds. The highest BCUT2D eigenvalue weighted by molar-refractivity contribution is 5.85. The van der Waals surface area contributed by atoms with E-state index in [1.165, 1.54) is 26.0 Å². The van der Waals surface area contributed by atoms with Crippen LogP contribution < -0.4 is 10.3 Å². The van der Waals surface area contributed by atoms with Gasteiger partial charge in [-0.3, -0.25) is 24.4 Å². The lowest BCUT2D eigenvalue weighted by Crippen LogP contribution is -2.50. The lowest BCUT2D eigenvalue weighted by molar-refractivity contribution is -0.138. The minimum absolute atomic E-state index is 0.0146. The van der Waals surface area contributed by atoms with Gasteiger partial charge in [0.1, 0.15) is 23.1 Å². The first-order chi connectivity index (χ1) is 27.3. The van der Waals surface area contributed by atoms with E-state index in [2.05, 4.69) is 19.9 Å². The van der Waals surface area contributed by atoms with Crippen molar-refractivity contribution in [3.8, 4) is 5.75 Å². The van der Waals surface area contributed by atoms with Gasteiger partial charge in [0.25, 0.3) is 5.56 Å². The number of carbonyl (C=O) groups is 1. The number of aromatic amines is 2. The van der Waals surface area contributed by atoms with Gasteiger partial charge in [0.15, 0.2) is 0 Å². The van der Waals surface area contributed by atoms with Crippen molar-refractivity contribution in [3.63, 3.8) is 0 Å². The number of nitrogens with zero attached hydrogens (tertiary/aromatic N) is 4. The Hall–Kier alpha value is -4.68. The fraction of sp³-hybridized carbons (Fsp3) is 0.489. The molecular formula is C45H53F3N6O3. The molecule has 2 aromatic carbocycles. The molecule has 2 fully saturated rings. The summed E-state index contributed by atoms with van der Waals surface area (Å²) in [7, 11) is 0. The number of para-hydroxylation sites is 1. The molecule has 3 aliphatic rings. The molecule has 0 bridgehead atoms. The zero-order chi connectivity index (χ0) is 40.0. The molecule has 0 spiro atoms. The molecule has 3 aromatic heterocycles. The molecule has 302 valence electrons. The van der Waals surface area contributed by atoms with E-state index in [-0.39, 0.29) is 47.2 Å². The van der Waals surface area contributed by atoms with Crippen molar-refractivity contribution in [1.82, 2.24) is 29.7 Å². The van der Waals surface area contributed by atoms with E-state index in [0.717, 1.165) is 77.4 Å². The highest BCUT2D eigenvalue weighted by atomic mass is 19.1. The Kier molecular flexibility index (Phi) is 10.9. The van der Waals surface area contributed by atoms with Gasteiger partial charge in [-0.2, -0.15) is 0 Å². The number of nitrogens with one attached hydrogen (secondary N) is 2. The normalized spacial score (nSPS) is 22.3. The molecule has 1 saturated heterocycles. The third-order valence-corrected chi connectivity index (χ3v) is 12.4. The van der Waals surface area contributed by atoms with Gasteiger partial charge in [-0.05, 0) is 94.5 Å². The number of H-pyrrole nitrogens is 2. The number of pyridine rings is 2. The van der Waals surface area contributed by atoms with Gasteiger partial charge in [-0.1, -0.05) is 25.1 Å². The summed E-state index contributed by atoms with van der Waals surface area (Å²) < 4.78 is 53.5. The maximum atomic E-state index is 16.2. The first-order valence-electron chi connectivity index (χ1n) is 20.5. The molecule has 12 heteroatoms. The maximum absolute atomic E-state index is 16.2. The predicted octanol–water partition coefficient (Wildman–Crippen LogP) is 7.86. The highest BCUT2D eigenvalue weighted by Gasteiger charge is 2.41. The number of piperazine rings is 1. The fourth-order valence-electron chi connectivity index (χ4n) is 9.35. The fourth-order valence-corrected chi connectivity index (χ4v) is 9.35. The van der Waals surface area contributed by atoms with Gasteiger partial charge in [0.05, 0.1) is 23.7 Å². The number of ether oxygens (including phenoxy) is 1. The molecule has 5 aromatic rings. The van der Waals surface area contributed by atoms with Crippen LogP contribution in [0.5, 0.6) is 5.75 Å². The molecule has 0 radical (unpaired) electrons. The third kappa shape index (κ3) is 8.21. The Bertz CT molecular complexity index is 2300. The average Bonchev–Trinajstić information content (AvgIpc) is 3.55. The van der Waals surface area contributed by atoms with Crippen molar-refractivity contribution >= 4 is 27.8 Å². The Morgan fingerprint density at radius 2 is 1.68 bits per heavy atom. The summed E-state index contributed by atoms with van der Waals surface area (Å²) in [5.74, 6) is -0.986. The zero-order valence-electron chi connectivity index (χ0n) is 33.3. The Morgan fingerprint density at radius 1 is 0.965 bits per heavy atom. The Labute approximate surface area is 331 Å². The van der Waals surface area contributed by atoms with Crippen molar-refractivity contribution in [2.24, 2.45) is 11.8 Å². The van der Waals surface area contributed by atoms with Crippen molar-refractivity contribution in [2.75, 3.05) is 39.3 Å². The van der Waals surface area contributed by atoms with Crippen molar-refractivity contribution in [2.45, 2.75) is 90.5 Å². The number of carbonyl (C=O) groups excluding carboxylic acids is 1. The number of alkyl halides is 1. The molecule has 8 rings (SSSR count). The largest absolute Gasteiger partial charge is 0.493 e. The van der Waals surface area contributed by atoms with Crippen LogP contribution in [0.3, 0.4) is 0 Å². The van der Waals surface area contributed by atoms with Crippen LogP contribution in [0.2, 0.25) is 0 Å². The minimum Gasteiger partial charge on any atom is -0.493 e. The number of fused-ring (bicyclic) bond motifs is 4. The topological polar surface area (TPSA) is 97.6 Å². The average molecular weight is 783 g/mol. The minimum atomic E-state index is -1.58. The van der Waals surface area contributed by atoms with E-state index in [1.807, 2.05) is 66.2 Å². The van der Waals surface area contributed by atoms with Crippen LogP contribution in [0.25, 0.3) is 21.9 Å². The van der Waals surface area contributed by atoms with Crippen LogP contribution in [0, 0.1) is 23.5 Å². The number of aryl methyl sites for hydroxylation is 1. The number of hydrogen-bond acceptors (Lipinski definition) is 6.